The maximum atomic E-state index is 11.1. The number of carbonyl (C=O) groups is 1. The standard InChI is InChI=1S/C14H14O2/c1-2-16-14(15)6-4-9-3-5-10-11(7-9)13-8-12(10)13/h3-8,10-11,13H,2H2,1H3/b6-4+/t10?,11-,13-/m1/s1. The summed E-state index contributed by atoms with van der Waals surface area (Å²) in [4.78, 5) is 11.1. The van der Waals surface area contributed by atoms with Gasteiger partial charge in [0.25, 0.3) is 0 Å². The molecule has 2 heteroatoms. The lowest BCUT2D eigenvalue weighted by Crippen LogP contribution is -2.26. The minimum Gasteiger partial charge on any atom is -0.463 e. The molecule has 0 heterocycles. The molecule has 0 radical (unpaired) electrons. The first-order chi connectivity index (χ1) is 7.79. The Hall–Kier alpha value is -1.57. The largest absolute Gasteiger partial charge is 0.463 e. The Morgan fingerprint density at radius 2 is 2.31 bits per heavy atom. The molecule has 0 N–H and O–H groups in total. The van der Waals surface area contributed by atoms with Crippen LogP contribution in [0.4, 0.5) is 0 Å². The number of allylic oxidation sites excluding steroid dienone is 7. The second kappa shape index (κ2) is 3.48. The van der Waals surface area contributed by atoms with Gasteiger partial charge in [-0.25, -0.2) is 4.79 Å². The Bertz CT molecular complexity index is 451. The van der Waals surface area contributed by atoms with Crippen LogP contribution in [0.15, 0.2) is 47.6 Å². The summed E-state index contributed by atoms with van der Waals surface area (Å²) in [6.45, 7) is 2.24. The lowest BCUT2D eigenvalue weighted by molar-refractivity contribution is -0.137. The highest BCUT2D eigenvalue weighted by atomic mass is 16.5. The van der Waals surface area contributed by atoms with E-state index in [1.807, 2.05) is 13.0 Å². The molecule has 1 fully saturated rings. The van der Waals surface area contributed by atoms with Gasteiger partial charge in [-0.3, -0.25) is 0 Å². The fourth-order valence-electron chi connectivity index (χ4n) is 2.56. The minimum atomic E-state index is -0.266. The Morgan fingerprint density at radius 3 is 3.12 bits per heavy atom. The highest BCUT2D eigenvalue weighted by Gasteiger charge is 2.51. The molecule has 3 aliphatic carbocycles. The van der Waals surface area contributed by atoms with E-state index in [9.17, 15) is 4.79 Å². The summed E-state index contributed by atoms with van der Waals surface area (Å²) < 4.78 is 4.84. The predicted molar refractivity (Wildman–Crippen MR) is 61.5 cm³/mol. The van der Waals surface area contributed by atoms with Gasteiger partial charge in [-0.15, -0.1) is 0 Å². The summed E-state index contributed by atoms with van der Waals surface area (Å²) in [7, 11) is 0. The number of hydrogen-bond acceptors (Lipinski definition) is 2. The number of rotatable bonds is 3. The number of carbonyl (C=O) groups excluding carboxylic acids is 1. The molecule has 0 aromatic rings. The van der Waals surface area contributed by atoms with Gasteiger partial charge in [-0.1, -0.05) is 29.9 Å². The quantitative estimate of drug-likeness (QED) is 0.409. The van der Waals surface area contributed by atoms with Gasteiger partial charge >= 0.3 is 5.97 Å². The van der Waals surface area contributed by atoms with Gasteiger partial charge in [0.15, 0.2) is 0 Å². The molecule has 1 saturated carbocycles. The van der Waals surface area contributed by atoms with E-state index in [1.165, 1.54) is 6.08 Å². The topological polar surface area (TPSA) is 26.3 Å². The molecule has 3 rings (SSSR count). The maximum absolute atomic E-state index is 11.1. The van der Waals surface area contributed by atoms with Crippen LogP contribution in [0.3, 0.4) is 0 Å². The molecule has 0 bridgehead atoms. The fourth-order valence-corrected chi connectivity index (χ4v) is 2.56. The van der Waals surface area contributed by atoms with Crippen LogP contribution in [0.2, 0.25) is 0 Å². The molecule has 16 heavy (non-hydrogen) atoms. The molecule has 0 amide bonds. The van der Waals surface area contributed by atoms with Crippen LogP contribution in [-0.2, 0) is 9.53 Å². The zero-order valence-electron chi connectivity index (χ0n) is 9.22. The average Bonchev–Trinajstić information content (AvgIpc) is 2.99. The Labute approximate surface area is 95.0 Å². The lowest BCUT2D eigenvalue weighted by atomic mass is 9.70. The first-order valence-electron chi connectivity index (χ1n) is 5.76. The van der Waals surface area contributed by atoms with Gasteiger partial charge in [-0.05, 0) is 24.5 Å². The number of ether oxygens (including phenoxy) is 1. The molecule has 0 spiro atoms. The third-order valence-electron chi connectivity index (χ3n) is 3.44. The monoisotopic (exact) mass is 214 g/mol. The molecule has 1 unspecified atom stereocenters. The van der Waals surface area contributed by atoms with Crippen LogP contribution in [0.25, 0.3) is 0 Å². The van der Waals surface area contributed by atoms with Gasteiger partial charge in [0.2, 0.25) is 0 Å². The summed E-state index contributed by atoms with van der Waals surface area (Å²) >= 11 is 0. The van der Waals surface area contributed by atoms with E-state index in [0.29, 0.717) is 18.4 Å². The van der Waals surface area contributed by atoms with Crippen molar-refractivity contribution in [1.29, 1.82) is 0 Å². The predicted octanol–water partition coefficient (Wildman–Crippen LogP) is 2.40. The van der Waals surface area contributed by atoms with Crippen molar-refractivity contribution in [3.8, 4) is 0 Å². The highest BCUT2D eigenvalue weighted by molar-refractivity contribution is 5.82. The van der Waals surface area contributed by atoms with Crippen LogP contribution in [-0.4, -0.2) is 12.6 Å². The molecule has 0 aromatic heterocycles. The second-order valence-corrected chi connectivity index (χ2v) is 4.41. The Balaban J connectivity index is 1.64. The van der Waals surface area contributed by atoms with Crippen LogP contribution in [0.1, 0.15) is 6.92 Å². The summed E-state index contributed by atoms with van der Waals surface area (Å²) in [5, 5.41) is 0. The molecule has 82 valence electrons. The molecule has 3 atom stereocenters. The van der Waals surface area contributed by atoms with E-state index in [1.54, 1.807) is 5.57 Å². The van der Waals surface area contributed by atoms with Gasteiger partial charge in [0, 0.05) is 17.9 Å². The summed E-state index contributed by atoms with van der Waals surface area (Å²) in [6, 6.07) is 0. The SMILES string of the molecule is CCOC(=O)/C=C/C1=C[C@@H]2C(C=C1)C1=C[C@@H]12. The van der Waals surface area contributed by atoms with Crippen molar-refractivity contribution < 1.29 is 9.53 Å². The van der Waals surface area contributed by atoms with Gasteiger partial charge < -0.3 is 4.74 Å². The third kappa shape index (κ3) is 1.45. The van der Waals surface area contributed by atoms with E-state index in [0.717, 1.165) is 11.5 Å². The maximum Gasteiger partial charge on any atom is 0.330 e. The van der Waals surface area contributed by atoms with E-state index >= 15 is 0 Å². The minimum absolute atomic E-state index is 0.266. The van der Waals surface area contributed by atoms with Crippen LogP contribution in [0.5, 0.6) is 0 Å². The Morgan fingerprint density at radius 1 is 1.44 bits per heavy atom. The molecular formula is C14H14O2. The molecule has 0 aromatic carbocycles. The van der Waals surface area contributed by atoms with Crippen molar-refractivity contribution in [3.63, 3.8) is 0 Å². The van der Waals surface area contributed by atoms with Crippen molar-refractivity contribution in [2.75, 3.05) is 6.61 Å². The van der Waals surface area contributed by atoms with Crippen LogP contribution < -0.4 is 0 Å². The van der Waals surface area contributed by atoms with Crippen molar-refractivity contribution in [2.45, 2.75) is 6.92 Å². The normalized spacial score (nSPS) is 33.4. The summed E-state index contributed by atoms with van der Waals surface area (Å²) in [5.41, 5.74) is 2.72. The van der Waals surface area contributed by atoms with Gasteiger partial charge in [0.1, 0.15) is 0 Å². The third-order valence-corrected chi connectivity index (χ3v) is 3.44. The van der Waals surface area contributed by atoms with Gasteiger partial charge in [-0.2, -0.15) is 0 Å². The van der Waals surface area contributed by atoms with Crippen molar-refractivity contribution in [3.05, 3.63) is 47.6 Å². The number of esters is 1. The fraction of sp³-hybridized carbons (Fsp3) is 0.357. The second-order valence-electron chi connectivity index (χ2n) is 4.41. The van der Waals surface area contributed by atoms with E-state index in [-0.39, 0.29) is 5.97 Å². The van der Waals surface area contributed by atoms with Crippen molar-refractivity contribution in [2.24, 2.45) is 17.8 Å². The van der Waals surface area contributed by atoms with Crippen LogP contribution >= 0.6 is 0 Å². The molecule has 0 saturated heterocycles. The molecule has 2 nitrogen and oxygen atoms in total. The number of hydrogen-bond donors (Lipinski definition) is 0. The zero-order chi connectivity index (χ0) is 11.1. The first-order valence-corrected chi connectivity index (χ1v) is 5.76. The van der Waals surface area contributed by atoms with E-state index in [2.05, 4.69) is 24.3 Å². The molecule has 3 aliphatic rings. The number of fused-ring (bicyclic) bond motifs is 4. The first kappa shape index (κ1) is 9.64. The van der Waals surface area contributed by atoms with Crippen molar-refractivity contribution in [1.82, 2.24) is 0 Å². The van der Waals surface area contributed by atoms with Crippen LogP contribution in [0, 0.1) is 17.8 Å². The van der Waals surface area contributed by atoms with Gasteiger partial charge in [0.05, 0.1) is 6.61 Å². The Kier molecular flexibility index (Phi) is 2.10. The van der Waals surface area contributed by atoms with E-state index in [4.69, 9.17) is 4.74 Å². The summed E-state index contributed by atoms with van der Waals surface area (Å²) in [5.74, 6) is 1.78. The average molecular weight is 214 g/mol. The smallest absolute Gasteiger partial charge is 0.330 e. The highest BCUT2D eigenvalue weighted by Crippen LogP contribution is 2.59. The molecule has 0 aliphatic heterocycles. The molecular weight excluding hydrogens is 200 g/mol. The van der Waals surface area contributed by atoms with Crippen molar-refractivity contribution >= 4 is 5.97 Å². The lowest BCUT2D eigenvalue weighted by Gasteiger charge is -2.34. The van der Waals surface area contributed by atoms with E-state index < -0.39 is 0 Å². The summed E-state index contributed by atoms with van der Waals surface area (Å²) in [6.07, 6.45) is 12.3. The zero-order valence-corrected chi connectivity index (χ0v) is 9.22.